The monoisotopic (exact) mass is 392 g/mol. The number of rotatable bonds is 3. The smallest absolute Gasteiger partial charge is 0.335 e. The first-order valence-corrected chi connectivity index (χ1v) is 9.19. The van der Waals surface area contributed by atoms with Gasteiger partial charge in [0.2, 0.25) is 0 Å². The second kappa shape index (κ2) is 8.06. The highest BCUT2D eigenvalue weighted by Crippen LogP contribution is 2.17. The lowest BCUT2D eigenvalue weighted by molar-refractivity contribution is -0.401. The summed E-state index contributed by atoms with van der Waals surface area (Å²) in [5.74, 6) is -0.218. The Hall–Kier alpha value is -2.45. The molecule has 2 aliphatic heterocycles. The summed E-state index contributed by atoms with van der Waals surface area (Å²) >= 11 is 5.83. The second-order valence-corrected chi connectivity index (χ2v) is 7.24. The van der Waals surface area contributed by atoms with E-state index in [4.69, 9.17) is 11.6 Å². The molecule has 5 amide bonds. The third-order valence-electron chi connectivity index (χ3n) is 4.90. The zero-order chi connectivity index (χ0) is 19.6. The van der Waals surface area contributed by atoms with Crippen LogP contribution in [0.3, 0.4) is 0 Å². The van der Waals surface area contributed by atoms with Crippen molar-refractivity contribution in [2.45, 2.75) is 24.9 Å². The molecule has 0 bridgehead atoms. The number of likely N-dealkylation sites (tertiary alicyclic amines) is 1. The van der Waals surface area contributed by atoms with Crippen LogP contribution in [0, 0.1) is 0 Å². The van der Waals surface area contributed by atoms with Crippen LogP contribution in [0.5, 0.6) is 0 Å². The van der Waals surface area contributed by atoms with Gasteiger partial charge in [-0.15, -0.1) is 0 Å². The maximum absolute atomic E-state index is 12.4. The molecule has 0 saturated carbocycles. The number of urea groups is 2. The van der Waals surface area contributed by atoms with Crippen LogP contribution < -0.4 is 10.6 Å². The van der Waals surface area contributed by atoms with E-state index in [9.17, 15) is 14.4 Å². The molecule has 2 heterocycles. The van der Waals surface area contributed by atoms with Crippen LogP contribution in [-0.4, -0.2) is 77.8 Å². The fourth-order valence-electron chi connectivity index (χ4n) is 3.33. The molecule has 0 radical (unpaired) electrons. The predicted octanol–water partition coefficient (Wildman–Crippen LogP) is 1.60. The van der Waals surface area contributed by atoms with E-state index in [1.165, 1.54) is 11.6 Å². The van der Waals surface area contributed by atoms with Crippen LogP contribution in [-0.2, 0) is 4.79 Å². The van der Waals surface area contributed by atoms with E-state index in [1.807, 2.05) is 4.90 Å². The summed E-state index contributed by atoms with van der Waals surface area (Å²) in [5, 5.41) is 6.35. The van der Waals surface area contributed by atoms with Gasteiger partial charge in [-0.05, 0) is 37.1 Å². The van der Waals surface area contributed by atoms with Crippen molar-refractivity contribution in [2.75, 3.05) is 32.5 Å². The Labute approximate surface area is 162 Å². The number of carbonyl (C=O) groups excluding carboxylic acids is 3. The quantitative estimate of drug-likeness (QED) is 0.765. The number of nitrogens with zero attached hydrogens (tertiary/aromatic N) is 3. The molecule has 1 aromatic rings. The van der Waals surface area contributed by atoms with Crippen molar-refractivity contribution >= 4 is 41.5 Å². The number of hydrogen-bond acceptors (Lipinski definition) is 4. The molecule has 27 heavy (non-hydrogen) atoms. The van der Waals surface area contributed by atoms with Gasteiger partial charge in [-0.1, -0.05) is 11.6 Å². The zero-order valence-corrected chi connectivity index (χ0v) is 16.1. The van der Waals surface area contributed by atoms with Crippen LogP contribution >= 0.6 is 11.6 Å². The van der Waals surface area contributed by atoms with Gasteiger partial charge in [0, 0.05) is 29.8 Å². The van der Waals surface area contributed by atoms with Crippen molar-refractivity contribution < 1.29 is 19.0 Å². The maximum Gasteiger partial charge on any atom is 0.500 e. The average molecular weight is 393 g/mol. The lowest BCUT2D eigenvalue weighted by Gasteiger charge is -2.36. The molecule has 1 saturated heterocycles. The summed E-state index contributed by atoms with van der Waals surface area (Å²) < 4.78 is 1.44. The minimum atomic E-state index is -0.443. The molecule has 1 aromatic carbocycles. The summed E-state index contributed by atoms with van der Waals surface area (Å²) in [6.07, 6.45) is 3.12. The third-order valence-corrected chi connectivity index (χ3v) is 5.15. The summed E-state index contributed by atoms with van der Waals surface area (Å²) in [6, 6.07) is 5.91. The number of hydrogen-bond donors (Lipinski definition) is 2. The largest absolute Gasteiger partial charge is 0.500 e. The standard InChI is InChI=1S/C18H22ClN5O3/c1-22-11-15(16(25)23(2)18(22)27)24-9-7-14(8-10-24)21-17(26)20-13-5-3-12(19)4-6-13/h3-6,11,14-15H,7-10H2,1-2H3,(H-,20,21,26)/p+1. The zero-order valence-electron chi connectivity index (χ0n) is 15.3. The van der Waals surface area contributed by atoms with E-state index < -0.39 is 6.04 Å². The van der Waals surface area contributed by atoms with Crippen molar-refractivity contribution in [3.05, 3.63) is 29.3 Å². The topological polar surface area (TPSA) is 84.8 Å². The Bertz CT molecular complexity index is 772. The molecule has 2 aliphatic rings. The second-order valence-electron chi connectivity index (χ2n) is 6.80. The normalized spacial score (nSPS) is 21.8. The van der Waals surface area contributed by atoms with E-state index in [-0.39, 0.29) is 24.0 Å². The minimum Gasteiger partial charge on any atom is -0.335 e. The van der Waals surface area contributed by atoms with E-state index in [0.29, 0.717) is 23.8 Å². The highest BCUT2D eigenvalue weighted by molar-refractivity contribution is 6.30. The third kappa shape index (κ3) is 4.45. The number of carbonyl (C=O) groups is 3. The van der Waals surface area contributed by atoms with Gasteiger partial charge in [-0.3, -0.25) is 4.90 Å². The molecule has 0 aliphatic carbocycles. The van der Waals surface area contributed by atoms with Crippen molar-refractivity contribution in [3.63, 3.8) is 0 Å². The molecule has 9 heteroatoms. The fraction of sp³-hybridized carbons (Fsp3) is 0.444. The van der Waals surface area contributed by atoms with Gasteiger partial charge in [-0.25, -0.2) is 14.2 Å². The van der Waals surface area contributed by atoms with Crippen LogP contribution in [0.25, 0.3) is 0 Å². The van der Waals surface area contributed by atoms with Gasteiger partial charge in [0.1, 0.15) is 6.21 Å². The highest BCUT2D eigenvalue weighted by atomic mass is 35.5. The Kier molecular flexibility index (Phi) is 5.76. The number of benzene rings is 1. The van der Waals surface area contributed by atoms with Gasteiger partial charge in [-0.2, -0.15) is 9.69 Å². The van der Waals surface area contributed by atoms with E-state index in [1.54, 1.807) is 37.5 Å². The van der Waals surface area contributed by atoms with E-state index in [0.717, 1.165) is 17.7 Å². The summed E-state index contributed by atoms with van der Waals surface area (Å²) in [7, 11) is 3.14. The molecule has 1 atom stereocenters. The van der Waals surface area contributed by atoms with E-state index in [2.05, 4.69) is 10.6 Å². The first kappa shape index (κ1) is 19.3. The molecule has 2 N–H and O–H groups in total. The Morgan fingerprint density at radius 3 is 2.44 bits per heavy atom. The Morgan fingerprint density at radius 1 is 1.19 bits per heavy atom. The van der Waals surface area contributed by atoms with Gasteiger partial charge in [0.05, 0.1) is 14.1 Å². The highest BCUT2D eigenvalue weighted by Gasteiger charge is 2.42. The molecule has 1 fully saturated rings. The van der Waals surface area contributed by atoms with Crippen molar-refractivity contribution in [1.29, 1.82) is 0 Å². The van der Waals surface area contributed by atoms with Crippen LogP contribution in [0.15, 0.2) is 24.3 Å². The van der Waals surface area contributed by atoms with Crippen molar-refractivity contribution in [3.8, 4) is 0 Å². The minimum absolute atomic E-state index is 0.0318. The van der Waals surface area contributed by atoms with Crippen LogP contribution in [0.2, 0.25) is 5.02 Å². The van der Waals surface area contributed by atoms with Crippen LogP contribution in [0.1, 0.15) is 12.8 Å². The number of anilines is 1. The predicted molar refractivity (Wildman–Crippen MR) is 102 cm³/mol. The number of amides is 5. The maximum atomic E-state index is 12.4. The number of halogens is 1. The average Bonchev–Trinajstić information content (AvgIpc) is 2.65. The lowest BCUT2D eigenvalue weighted by Crippen LogP contribution is -2.59. The number of nitrogens with one attached hydrogen (secondary N) is 2. The number of imide groups is 1. The molecular weight excluding hydrogens is 370 g/mol. The molecule has 0 aromatic heterocycles. The van der Waals surface area contributed by atoms with Gasteiger partial charge < -0.3 is 10.6 Å². The Balaban J connectivity index is 1.51. The van der Waals surface area contributed by atoms with Crippen molar-refractivity contribution in [1.82, 2.24) is 15.1 Å². The van der Waals surface area contributed by atoms with Crippen molar-refractivity contribution in [2.24, 2.45) is 0 Å². The van der Waals surface area contributed by atoms with Gasteiger partial charge in [0.15, 0.2) is 6.04 Å². The molecule has 1 unspecified atom stereocenters. The van der Waals surface area contributed by atoms with Crippen LogP contribution in [0.4, 0.5) is 15.3 Å². The van der Waals surface area contributed by atoms with Gasteiger partial charge >= 0.3 is 18.0 Å². The summed E-state index contributed by atoms with van der Waals surface area (Å²) in [4.78, 5) is 39.5. The molecule has 8 nitrogen and oxygen atoms in total. The summed E-state index contributed by atoms with van der Waals surface area (Å²) in [6.45, 7) is 1.32. The lowest BCUT2D eigenvalue weighted by atomic mass is 10.0. The number of likely N-dealkylation sites (N-methyl/N-ethyl adjacent to an activating group) is 1. The number of piperidine rings is 1. The van der Waals surface area contributed by atoms with Gasteiger partial charge in [0.25, 0.3) is 0 Å². The molecule has 144 valence electrons. The molecule has 0 spiro atoms. The fourth-order valence-corrected chi connectivity index (χ4v) is 3.45. The molecule has 3 rings (SSSR count). The first-order valence-electron chi connectivity index (χ1n) is 8.81. The first-order chi connectivity index (χ1) is 12.8. The SMILES string of the molecule is CN1C(=O)C(N2CCC(NC(=O)Nc3ccc(Cl)cc3)CC2)C=[N+](C)C1=O. The molecular formula is C18H23ClN5O3+. The van der Waals surface area contributed by atoms with E-state index >= 15 is 0 Å². The summed E-state index contributed by atoms with van der Waals surface area (Å²) in [5.41, 5.74) is 0.674. The Morgan fingerprint density at radius 2 is 1.81 bits per heavy atom.